The second kappa shape index (κ2) is 2.82. The third-order valence-electron chi connectivity index (χ3n) is 1.28. The lowest BCUT2D eigenvalue weighted by molar-refractivity contribution is 0.152. The van der Waals surface area contributed by atoms with Crippen LogP contribution >= 0.6 is 0 Å². The highest BCUT2D eigenvalue weighted by Crippen LogP contribution is 2.24. The summed E-state index contributed by atoms with van der Waals surface area (Å²) in [5, 5.41) is 0. The Bertz CT molecular complexity index is 260. The number of hydrogen-bond donors (Lipinski definition) is 1. The van der Waals surface area contributed by atoms with Crippen LogP contribution in [-0.2, 0) is 0 Å². The molecule has 0 aliphatic heterocycles. The molecule has 0 aliphatic carbocycles. The molecule has 1 rings (SSSR count). The molecule has 0 bridgehead atoms. The summed E-state index contributed by atoms with van der Waals surface area (Å²) in [6, 6.07) is 2.90. The molecule has 2 N–H and O–H groups in total. The highest BCUT2D eigenvalue weighted by molar-refractivity contribution is 5.47. The van der Waals surface area contributed by atoms with Crippen molar-refractivity contribution in [3.05, 3.63) is 29.6 Å². The van der Waals surface area contributed by atoms with Crippen molar-refractivity contribution in [3.63, 3.8) is 0 Å². The van der Waals surface area contributed by atoms with E-state index in [9.17, 15) is 13.2 Å². The first-order chi connectivity index (χ1) is 5.11. The van der Waals surface area contributed by atoms with E-state index in [1.54, 1.807) is 0 Å². The van der Waals surface area contributed by atoms with Crippen LogP contribution in [0.5, 0.6) is 0 Å². The molecular weight excluding hydrogens is 155 g/mol. The molecule has 0 spiro atoms. The Hall–Kier alpha value is -1.19. The molecule has 4 heteroatoms. The van der Waals surface area contributed by atoms with Crippen molar-refractivity contribution < 1.29 is 13.2 Å². The Morgan fingerprint density at radius 1 is 1.27 bits per heavy atom. The van der Waals surface area contributed by atoms with Crippen molar-refractivity contribution in [2.75, 3.05) is 5.73 Å². The van der Waals surface area contributed by atoms with Crippen molar-refractivity contribution in [2.45, 2.75) is 6.43 Å². The van der Waals surface area contributed by atoms with E-state index in [2.05, 4.69) is 0 Å². The molecule has 0 aliphatic rings. The van der Waals surface area contributed by atoms with Gasteiger partial charge in [-0.05, 0) is 18.2 Å². The fraction of sp³-hybridized carbons (Fsp3) is 0.143. The van der Waals surface area contributed by atoms with Gasteiger partial charge in [0.2, 0.25) is 0 Å². The molecule has 0 saturated heterocycles. The summed E-state index contributed by atoms with van der Waals surface area (Å²) in [6.45, 7) is 0. The Balaban J connectivity index is 3.13. The largest absolute Gasteiger partial charge is 0.398 e. The lowest BCUT2D eigenvalue weighted by Crippen LogP contribution is -1.94. The second-order valence-corrected chi connectivity index (χ2v) is 2.07. The van der Waals surface area contributed by atoms with Crippen LogP contribution in [0.25, 0.3) is 0 Å². The molecule has 1 aromatic carbocycles. The van der Waals surface area contributed by atoms with Gasteiger partial charge in [0.1, 0.15) is 5.82 Å². The van der Waals surface area contributed by atoms with Crippen LogP contribution in [0.3, 0.4) is 0 Å². The van der Waals surface area contributed by atoms with Gasteiger partial charge in [-0.2, -0.15) is 0 Å². The minimum absolute atomic E-state index is 0.0820. The van der Waals surface area contributed by atoms with Gasteiger partial charge in [0.25, 0.3) is 6.43 Å². The summed E-state index contributed by atoms with van der Waals surface area (Å²) in [6.07, 6.45) is -2.72. The van der Waals surface area contributed by atoms with Gasteiger partial charge in [-0.25, -0.2) is 13.2 Å². The fourth-order valence-electron chi connectivity index (χ4n) is 0.735. The van der Waals surface area contributed by atoms with Crippen LogP contribution in [0, 0.1) is 5.82 Å². The van der Waals surface area contributed by atoms with E-state index in [1.165, 1.54) is 0 Å². The Morgan fingerprint density at radius 3 is 2.36 bits per heavy atom. The van der Waals surface area contributed by atoms with E-state index in [0.29, 0.717) is 0 Å². The smallest absolute Gasteiger partial charge is 0.265 e. The molecule has 0 saturated carbocycles. The van der Waals surface area contributed by atoms with Crippen LogP contribution in [0.1, 0.15) is 12.0 Å². The van der Waals surface area contributed by atoms with E-state index < -0.39 is 17.8 Å². The van der Waals surface area contributed by atoms with Crippen LogP contribution in [0.15, 0.2) is 18.2 Å². The third-order valence-corrected chi connectivity index (χ3v) is 1.28. The molecule has 0 aromatic heterocycles. The van der Waals surface area contributed by atoms with Crippen LogP contribution in [0.4, 0.5) is 18.9 Å². The molecule has 0 heterocycles. The van der Waals surface area contributed by atoms with Gasteiger partial charge in [0.15, 0.2) is 0 Å². The lowest BCUT2D eigenvalue weighted by Gasteiger charge is -2.02. The summed E-state index contributed by atoms with van der Waals surface area (Å²) in [5.41, 5.74) is 4.61. The second-order valence-electron chi connectivity index (χ2n) is 2.07. The predicted octanol–water partition coefficient (Wildman–Crippen LogP) is 2.35. The van der Waals surface area contributed by atoms with Crippen molar-refractivity contribution in [1.29, 1.82) is 0 Å². The first kappa shape index (κ1) is 7.91. The van der Waals surface area contributed by atoms with E-state index >= 15 is 0 Å². The highest BCUT2D eigenvalue weighted by atomic mass is 19.3. The molecule has 0 fully saturated rings. The van der Waals surface area contributed by atoms with Gasteiger partial charge in [-0.1, -0.05) is 0 Å². The molecular formula is C7H6F3N. The molecule has 0 amide bonds. The quantitative estimate of drug-likeness (QED) is 0.628. The van der Waals surface area contributed by atoms with Gasteiger partial charge >= 0.3 is 0 Å². The summed E-state index contributed by atoms with van der Waals surface area (Å²) in [7, 11) is 0. The number of nitrogen functional groups attached to an aromatic ring is 1. The molecule has 11 heavy (non-hydrogen) atoms. The predicted molar refractivity (Wildman–Crippen MR) is 35.8 cm³/mol. The minimum atomic E-state index is -2.72. The molecule has 0 atom stereocenters. The van der Waals surface area contributed by atoms with E-state index in [0.717, 1.165) is 18.2 Å². The monoisotopic (exact) mass is 161 g/mol. The lowest BCUT2D eigenvalue weighted by atomic mass is 10.2. The molecule has 60 valence electrons. The van der Waals surface area contributed by atoms with Crippen molar-refractivity contribution >= 4 is 5.69 Å². The molecule has 0 radical (unpaired) electrons. The SMILES string of the molecule is Nc1ccc(F)cc1C(F)F. The number of halogens is 3. The number of rotatable bonds is 1. The van der Waals surface area contributed by atoms with Gasteiger partial charge in [0.05, 0.1) is 0 Å². The standard InChI is InChI=1S/C7H6F3N/c8-4-1-2-6(11)5(3-4)7(9)10/h1-3,7H,11H2. The maximum absolute atomic E-state index is 12.3. The van der Waals surface area contributed by atoms with Crippen LogP contribution in [0.2, 0.25) is 0 Å². The first-order valence-corrected chi connectivity index (χ1v) is 2.94. The van der Waals surface area contributed by atoms with Crippen molar-refractivity contribution in [3.8, 4) is 0 Å². The summed E-state index contributed by atoms with van der Waals surface area (Å²) >= 11 is 0. The van der Waals surface area contributed by atoms with E-state index in [1.807, 2.05) is 0 Å². The maximum Gasteiger partial charge on any atom is 0.265 e. The van der Waals surface area contributed by atoms with Gasteiger partial charge < -0.3 is 5.73 Å². The zero-order valence-corrected chi connectivity index (χ0v) is 5.52. The fourth-order valence-corrected chi connectivity index (χ4v) is 0.735. The van der Waals surface area contributed by atoms with Crippen molar-refractivity contribution in [2.24, 2.45) is 0 Å². The van der Waals surface area contributed by atoms with Gasteiger partial charge in [-0.15, -0.1) is 0 Å². The zero-order chi connectivity index (χ0) is 8.43. The first-order valence-electron chi connectivity index (χ1n) is 2.94. The molecule has 1 nitrogen and oxygen atoms in total. The van der Waals surface area contributed by atoms with Gasteiger partial charge in [0, 0.05) is 11.3 Å². The average molecular weight is 161 g/mol. The van der Waals surface area contributed by atoms with Gasteiger partial charge in [-0.3, -0.25) is 0 Å². The Morgan fingerprint density at radius 2 is 1.91 bits per heavy atom. The van der Waals surface area contributed by atoms with Crippen LogP contribution in [-0.4, -0.2) is 0 Å². The molecule has 1 aromatic rings. The number of anilines is 1. The normalized spacial score (nSPS) is 10.5. The van der Waals surface area contributed by atoms with E-state index in [-0.39, 0.29) is 5.69 Å². The number of hydrogen-bond acceptors (Lipinski definition) is 1. The summed E-state index contributed by atoms with van der Waals surface area (Å²) in [4.78, 5) is 0. The van der Waals surface area contributed by atoms with Crippen molar-refractivity contribution in [1.82, 2.24) is 0 Å². The Labute approximate surface area is 61.6 Å². The summed E-state index contributed by atoms with van der Waals surface area (Å²) < 4.78 is 36.2. The maximum atomic E-state index is 12.3. The number of benzene rings is 1. The third kappa shape index (κ3) is 1.63. The minimum Gasteiger partial charge on any atom is -0.398 e. The van der Waals surface area contributed by atoms with E-state index in [4.69, 9.17) is 5.73 Å². The zero-order valence-electron chi connectivity index (χ0n) is 5.52. The summed E-state index contributed by atoms with van der Waals surface area (Å²) in [5.74, 6) is -0.700. The molecule has 0 unspecified atom stereocenters. The number of nitrogens with two attached hydrogens (primary N) is 1. The topological polar surface area (TPSA) is 26.0 Å². The number of alkyl halides is 2. The average Bonchev–Trinajstić information content (AvgIpc) is 1.94. The Kier molecular flexibility index (Phi) is 2.03. The van der Waals surface area contributed by atoms with Crippen LogP contribution < -0.4 is 5.73 Å². The highest BCUT2D eigenvalue weighted by Gasteiger charge is 2.11.